The maximum Gasteiger partial charge on any atom is 0.313 e. The number of carbonyl (C=O) groups excluding carboxylic acids is 2. The second-order valence-corrected chi connectivity index (χ2v) is 5.33. The maximum atomic E-state index is 11.5. The lowest BCUT2D eigenvalue weighted by molar-refractivity contribution is -0.146. The fourth-order valence-corrected chi connectivity index (χ4v) is 2.30. The molecule has 124 valence electrons. The number of H-pyrrole nitrogens is 1. The first-order valence-electron chi connectivity index (χ1n) is 7.79. The number of para-hydroxylation sites is 1. The summed E-state index contributed by atoms with van der Waals surface area (Å²) < 4.78 is 10.0. The maximum absolute atomic E-state index is 11.5. The Bertz CT molecular complexity index is 678. The average molecular weight is 318 g/mol. The predicted octanol–water partition coefficient (Wildman–Crippen LogP) is 2.34. The Labute approximate surface area is 135 Å². The first kappa shape index (κ1) is 17.1. The number of aromatic nitrogens is 2. The highest BCUT2D eigenvalue weighted by molar-refractivity contribution is 5.96. The van der Waals surface area contributed by atoms with Crippen LogP contribution in [-0.4, -0.2) is 41.5 Å². The number of carbonyl (C=O) groups is 2. The van der Waals surface area contributed by atoms with Crippen LogP contribution in [0.3, 0.4) is 0 Å². The Morgan fingerprint density at radius 1 is 1.30 bits per heavy atom. The number of nitrogens with zero attached hydrogens (tertiary/aromatic N) is 1. The largest absolute Gasteiger partial charge is 0.466 e. The molecule has 6 heteroatoms. The van der Waals surface area contributed by atoms with Gasteiger partial charge in [-0.25, -0.2) is 4.98 Å². The number of fused-ring (bicyclic) bond motifs is 1. The summed E-state index contributed by atoms with van der Waals surface area (Å²) in [6, 6.07) is 6.03. The normalized spacial score (nSPS) is 10.9. The summed E-state index contributed by atoms with van der Waals surface area (Å²) in [4.78, 5) is 30.4. The van der Waals surface area contributed by atoms with Crippen LogP contribution in [0.15, 0.2) is 18.2 Å². The number of aromatic amines is 1. The molecule has 0 bridgehead atoms. The first-order chi connectivity index (χ1) is 11.1. The van der Waals surface area contributed by atoms with Gasteiger partial charge in [-0.1, -0.05) is 12.1 Å². The monoisotopic (exact) mass is 318 g/mol. The molecule has 1 aromatic heterocycles. The molecule has 2 aromatic rings. The van der Waals surface area contributed by atoms with Gasteiger partial charge in [0.25, 0.3) is 0 Å². The van der Waals surface area contributed by atoms with E-state index in [4.69, 9.17) is 9.47 Å². The number of ketones is 1. The van der Waals surface area contributed by atoms with E-state index in [1.165, 1.54) is 0 Å². The van der Waals surface area contributed by atoms with Crippen molar-refractivity contribution in [2.45, 2.75) is 33.1 Å². The molecule has 0 saturated carbocycles. The lowest BCUT2D eigenvalue weighted by atomic mass is 10.2. The van der Waals surface area contributed by atoms with E-state index >= 15 is 0 Å². The van der Waals surface area contributed by atoms with E-state index < -0.39 is 5.97 Å². The van der Waals surface area contributed by atoms with Crippen molar-refractivity contribution in [2.75, 3.05) is 19.8 Å². The minimum Gasteiger partial charge on any atom is -0.466 e. The number of nitrogens with one attached hydrogen (secondary N) is 1. The van der Waals surface area contributed by atoms with Crippen LogP contribution in [0, 0.1) is 6.92 Å². The zero-order chi connectivity index (χ0) is 16.7. The fourth-order valence-electron chi connectivity index (χ4n) is 2.30. The molecular formula is C17H22N2O4. The third-order valence-corrected chi connectivity index (χ3v) is 3.38. The second kappa shape index (κ2) is 8.43. The third-order valence-electron chi connectivity index (χ3n) is 3.38. The molecule has 0 aliphatic carbocycles. The van der Waals surface area contributed by atoms with Crippen LogP contribution < -0.4 is 0 Å². The zero-order valence-electron chi connectivity index (χ0n) is 13.6. The summed E-state index contributed by atoms with van der Waals surface area (Å²) in [5, 5.41) is 0. The van der Waals surface area contributed by atoms with Gasteiger partial charge in [0, 0.05) is 13.0 Å². The molecule has 23 heavy (non-hydrogen) atoms. The number of rotatable bonds is 9. The van der Waals surface area contributed by atoms with E-state index in [-0.39, 0.29) is 25.4 Å². The van der Waals surface area contributed by atoms with Crippen LogP contribution in [-0.2, 0) is 25.5 Å². The van der Waals surface area contributed by atoms with Gasteiger partial charge >= 0.3 is 5.97 Å². The fraction of sp³-hybridized carbons (Fsp3) is 0.471. The number of benzene rings is 1. The Kier molecular flexibility index (Phi) is 6.29. The molecule has 2 rings (SSSR count). The number of hydrogen-bond acceptors (Lipinski definition) is 5. The number of ether oxygens (including phenoxy) is 2. The molecule has 0 unspecified atom stereocenters. The third kappa shape index (κ3) is 5.17. The number of hydrogen-bond donors (Lipinski definition) is 1. The first-order valence-corrected chi connectivity index (χ1v) is 7.79. The minimum absolute atomic E-state index is 0.0575. The van der Waals surface area contributed by atoms with Gasteiger partial charge in [0.15, 0.2) is 5.78 Å². The van der Waals surface area contributed by atoms with Crippen molar-refractivity contribution >= 4 is 22.8 Å². The van der Waals surface area contributed by atoms with Crippen LogP contribution in [0.25, 0.3) is 11.0 Å². The number of imidazole rings is 1. The van der Waals surface area contributed by atoms with Crippen molar-refractivity contribution in [3.8, 4) is 0 Å². The van der Waals surface area contributed by atoms with Gasteiger partial charge in [0.2, 0.25) is 0 Å². The molecular weight excluding hydrogens is 296 g/mol. The Morgan fingerprint density at radius 2 is 2.13 bits per heavy atom. The van der Waals surface area contributed by atoms with Crippen LogP contribution in [0.2, 0.25) is 0 Å². The van der Waals surface area contributed by atoms with Gasteiger partial charge in [0.05, 0.1) is 17.6 Å². The zero-order valence-corrected chi connectivity index (χ0v) is 13.6. The smallest absolute Gasteiger partial charge is 0.313 e. The van der Waals surface area contributed by atoms with Crippen LogP contribution in [0.5, 0.6) is 0 Å². The van der Waals surface area contributed by atoms with Crippen LogP contribution in [0.1, 0.15) is 31.2 Å². The highest BCUT2D eigenvalue weighted by Crippen LogP contribution is 2.16. The van der Waals surface area contributed by atoms with Crippen molar-refractivity contribution in [3.05, 3.63) is 29.6 Å². The number of esters is 1. The predicted molar refractivity (Wildman–Crippen MR) is 86.2 cm³/mol. The van der Waals surface area contributed by atoms with Gasteiger partial charge < -0.3 is 14.5 Å². The standard InChI is InChI=1S/C17H22N2O4/c1-3-23-16(21)10-13(20)11-22-9-5-8-15-18-14-7-4-6-12(2)17(14)19-15/h4,6-7H,3,5,8-11H2,1-2H3,(H,18,19). The van der Waals surface area contributed by atoms with Gasteiger partial charge in [-0.15, -0.1) is 0 Å². The average Bonchev–Trinajstić information content (AvgIpc) is 2.91. The van der Waals surface area contributed by atoms with Crippen molar-refractivity contribution in [1.29, 1.82) is 0 Å². The molecule has 1 heterocycles. The molecule has 0 radical (unpaired) electrons. The van der Waals surface area contributed by atoms with Crippen molar-refractivity contribution in [1.82, 2.24) is 9.97 Å². The minimum atomic E-state index is -0.501. The summed E-state index contributed by atoms with van der Waals surface area (Å²) in [6.07, 6.45) is 1.28. The van der Waals surface area contributed by atoms with Crippen molar-refractivity contribution in [2.24, 2.45) is 0 Å². The molecule has 0 amide bonds. The number of Topliss-reactive ketones (excluding diaryl/α,β-unsaturated/α-hetero) is 1. The van der Waals surface area contributed by atoms with Crippen LogP contribution in [0.4, 0.5) is 0 Å². The molecule has 0 aliphatic rings. The van der Waals surface area contributed by atoms with Crippen LogP contribution >= 0.6 is 0 Å². The van der Waals surface area contributed by atoms with Gasteiger partial charge in [0.1, 0.15) is 18.9 Å². The lowest BCUT2D eigenvalue weighted by Gasteiger charge is -2.03. The van der Waals surface area contributed by atoms with E-state index in [9.17, 15) is 9.59 Å². The molecule has 0 aliphatic heterocycles. The Hall–Kier alpha value is -2.21. The quantitative estimate of drug-likeness (QED) is 0.436. The van der Waals surface area contributed by atoms with E-state index in [2.05, 4.69) is 9.97 Å². The summed E-state index contributed by atoms with van der Waals surface area (Å²) in [6.45, 7) is 4.41. The van der Waals surface area contributed by atoms with E-state index in [1.54, 1.807) is 6.92 Å². The lowest BCUT2D eigenvalue weighted by Crippen LogP contribution is -2.16. The van der Waals surface area contributed by atoms with E-state index in [0.717, 1.165) is 35.3 Å². The Morgan fingerprint density at radius 3 is 2.87 bits per heavy atom. The summed E-state index contributed by atoms with van der Waals surface area (Å²) in [5.74, 6) is 0.150. The van der Waals surface area contributed by atoms with Gasteiger partial charge in [-0.2, -0.15) is 0 Å². The van der Waals surface area contributed by atoms with Crippen molar-refractivity contribution < 1.29 is 19.1 Å². The van der Waals surface area contributed by atoms with Gasteiger partial charge in [-0.3, -0.25) is 9.59 Å². The SMILES string of the molecule is CCOC(=O)CC(=O)COCCCc1nc2c(C)cccc2[nH]1. The molecule has 1 aromatic carbocycles. The second-order valence-electron chi connectivity index (χ2n) is 5.33. The summed E-state index contributed by atoms with van der Waals surface area (Å²) in [7, 11) is 0. The summed E-state index contributed by atoms with van der Waals surface area (Å²) in [5.41, 5.74) is 3.17. The Balaban J connectivity index is 1.68. The molecule has 1 N–H and O–H groups in total. The van der Waals surface area contributed by atoms with E-state index in [1.807, 2.05) is 25.1 Å². The molecule has 0 atom stereocenters. The van der Waals surface area contributed by atoms with E-state index in [0.29, 0.717) is 6.61 Å². The topological polar surface area (TPSA) is 81.3 Å². The molecule has 0 spiro atoms. The number of aryl methyl sites for hydroxylation is 2. The summed E-state index contributed by atoms with van der Waals surface area (Å²) >= 11 is 0. The molecule has 6 nitrogen and oxygen atoms in total. The molecule has 0 fully saturated rings. The van der Waals surface area contributed by atoms with Gasteiger partial charge in [-0.05, 0) is 31.9 Å². The van der Waals surface area contributed by atoms with Crippen molar-refractivity contribution in [3.63, 3.8) is 0 Å². The highest BCUT2D eigenvalue weighted by atomic mass is 16.5. The molecule has 0 saturated heterocycles. The highest BCUT2D eigenvalue weighted by Gasteiger charge is 2.10.